The van der Waals surface area contributed by atoms with E-state index < -0.39 is 42.2 Å². The molecule has 0 radical (unpaired) electrons. The molecule has 104 heavy (non-hydrogen) atoms. The topological polar surface area (TPSA) is 292 Å². The summed E-state index contributed by atoms with van der Waals surface area (Å²) >= 11 is 8.57. The van der Waals surface area contributed by atoms with Crippen LogP contribution in [-0.4, -0.2) is 58.9 Å². The maximum Gasteiger partial charge on any atom is 1.00 e. The molecule has 0 unspecified atom stereocenters. The third-order valence-electron chi connectivity index (χ3n) is 15.7. The van der Waals surface area contributed by atoms with Crippen LogP contribution in [0.2, 0.25) is 0 Å². The van der Waals surface area contributed by atoms with Gasteiger partial charge in [-0.25, -0.2) is 31.2 Å². The predicted octanol–water partition coefficient (Wildman–Crippen LogP) is 12.2. The molecule has 0 saturated heterocycles. The van der Waals surface area contributed by atoms with Crippen molar-refractivity contribution in [2.75, 3.05) is 13.2 Å². The van der Waals surface area contributed by atoms with Gasteiger partial charge < -0.3 is 69.0 Å². The number of nitrogens with one attached hydrogen (secondary N) is 1. The van der Waals surface area contributed by atoms with Crippen LogP contribution in [0.25, 0.3) is 55.2 Å². The average molecular weight is 1510 g/mol. The zero-order valence-corrected chi connectivity index (χ0v) is 58.5. The van der Waals surface area contributed by atoms with Gasteiger partial charge >= 0.3 is 43.9 Å². The van der Waals surface area contributed by atoms with Crippen molar-refractivity contribution in [1.82, 2.24) is 4.84 Å². The summed E-state index contributed by atoms with van der Waals surface area (Å²) in [5.41, 5.74) is 16.9. The van der Waals surface area contributed by atoms with E-state index in [0.29, 0.717) is 89.4 Å². The largest absolute Gasteiger partial charge is 1.00 e. The second-order valence-electron chi connectivity index (χ2n) is 22.3. The minimum Gasteiger partial charge on any atom is -0.870 e. The molecular weight excluding hydrogens is 1440 g/mol. The first-order valence-corrected chi connectivity index (χ1v) is 32.7. The molecule has 0 bridgehead atoms. The first-order chi connectivity index (χ1) is 49.3. The number of aliphatic carboxylic acids is 1. The van der Waals surface area contributed by atoms with Crippen molar-refractivity contribution < 1.29 is 117 Å². The minimum absolute atomic E-state index is 0. The summed E-state index contributed by atoms with van der Waals surface area (Å²) in [7, 11) is -1.80. The fourth-order valence-corrected chi connectivity index (χ4v) is 11.5. The van der Waals surface area contributed by atoms with Crippen molar-refractivity contribution >= 4 is 91.1 Å². The van der Waals surface area contributed by atoms with Gasteiger partial charge in [0.1, 0.15) is 83.1 Å². The minimum atomic E-state index is -1.80. The number of rotatable bonds is 24. The third kappa shape index (κ3) is 20.1. The molecule has 28 heteroatoms. The first kappa shape index (κ1) is 81.5. The molecule has 3 aromatic heterocycles. The molecule has 0 spiro atoms. The average Bonchev–Trinajstić information content (AvgIpc) is 1.52. The quantitative estimate of drug-likeness (QED) is 0.0142. The number of carbonyl (C=O) groups excluding carboxylic acids is 2. The Kier molecular flexibility index (Phi) is 30.7. The molecule has 0 atom stereocenters. The van der Waals surface area contributed by atoms with E-state index in [1.165, 1.54) is 61.3 Å². The van der Waals surface area contributed by atoms with Gasteiger partial charge in [-0.05, 0) is 96.2 Å². The van der Waals surface area contributed by atoms with Gasteiger partial charge in [0.25, 0.3) is 0 Å². The van der Waals surface area contributed by atoms with Crippen LogP contribution in [0.15, 0.2) is 200 Å². The Morgan fingerprint density at radius 1 is 0.471 bits per heavy atom. The number of hydrogen-bond acceptors (Lipinski definition) is 17. The van der Waals surface area contributed by atoms with Gasteiger partial charge in [0.2, 0.25) is 0 Å². The summed E-state index contributed by atoms with van der Waals surface area (Å²) in [6, 6.07) is 44.1. The van der Waals surface area contributed by atoms with Crippen LogP contribution < -0.4 is 54.8 Å². The Bertz CT molecular complexity index is 4930. The summed E-state index contributed by atoms with van der Waals surface area (Å²) in [5, 5.41) is 27.4. The number of furan rings is 3. The van der Waals surface area contributed by atoms with Gasteiger partial charge in [0, 0.05) is 97.4 Å². The Morgan fingerprint density at radius 3 is 1.23 bits per heavy atom. The number of halogens is 8. The summed E-state index contributed by atoms with van der Waals surface area (Å²) < 4.78 is 132. The number of esters is 2. The number of carboxylic acid groups (broad SMARTS) is 1. The van der Waals surface area contributed by atoms with Gasteiger partial charge in [-0.2, -0.15) is 0 Å². The smallest absolute Gasteiger partial charge is 0.870 e. The number of hydrogen-bond donors (Lipinski definition) is 6. The van der Waals surface area contributed by atoms with Gasteiger partial charge in [-0.1, -0.05) is 109 Å². The third-order valence-corrected chi connectivity index (χ3v) is 16.4. The fourth-order valence-electron chi connectivity index (χ4n) is 10.8. The van der Waals surface area contributed by atoms with E-state index in [9.17, 15) is 27.6 Å². The molecule has 3 heterocycles. The standard InChI is InChI=1S/C26H23F2NO4.C24H19F2NO4.C19H16BrFO4.C7H8BClFNO2.Li.H2O/c1-2-31-23(30)13-16-6-3-4-9-22(16)33-15-18-12-21(26-20(25(18)28)10-11-32-26)19-8-5-7-17(14-29)24(19)27;25-22-15(12-27)5-3-6-17(22)19-10-16(23(26)18-8-9-30-24(18)19)13-31-20-7-2-1-4-14(20)11-21(28)29;1-2-23-17(22)10-12-5-3-4-6-16(12)25-11-13-9-15(20)19-14(18(13)21)7-8-24-19;9-11-4-5-2-1-3-6(7(5)10)8(12)13;;/h3-12H,2,13-15,29H2,1H3;1-10H,11-13,27H2,(H,28,29);3-9H,2,10-11H2,1H3;1-3,11-13H,4H2;;1H2/q;;;;+1;/p-1. The van der Waals surface area contributed by atoms with E-state index in [4.69, 9.17) is 75.3 Å². The van der Waals surface area contributed by atoms with E-state index in [1.54, 1.807) is 129 Å². The Balaban J connectivity index is 0.000000200. The number of carboxylic acids is 1. The van der Waals surface area contributed by atoms with Gasteiger partial charge in [0.05, 0.1) is 71.9 Å². The molecule has 0 amide bonds. The molecule has 536 valence electrons. The molecule has 9 aromatic carbocycles. The number of ether oxygens (including phenoxy) is 5. The van der Waals surface area contributed by atoms with Gasteiger partial charge in [0.15, 0.2) is 5.58 Å². The Morgan fingerprint density at radius 2 is 0.837 bits per heavy atom. The number of fused-ring (bicyclic) bond motifs is 3. The van der Waals surface area contributed by atoms with E-state index in [1.807, 2.05) is 6.07 Å². The normalized spacial score (nSPS) is 10.7. The van der Waals surface area contributed by atoms with Crippen LogP contribution in [0, 0.1) is 34.9 Å². The number of benzene rings is 9. The molecule has 0 aliphatic rings. The first-order valence-electron chi connectivity index (χ1n) is 31.6. The molecule has 0 fully saturated rings. The summed E-state index contributed by atoms with van der Waals surface area (Å²) in [6.45, 7) is 4.03. The molecule has 18 nitrogen and oxygen atoms in total. The van der Waals surface area contributed by atoms with Crippen LogP contribution >= 0.6 is 27.7 Å². The van der Waals surface area contributed by atoms with Crippen LogP contribution in [0.3, 0.4) is 0 Å². The summed E-state index contributed by atoms with van der Waals surface area (Å²) in [4.78, 5) is 36.9. The van der Waals surface area contributed by atoms with Crippen molar-refractivity contribution in [3.63, 3.8) is 0 Å². The molecule has 12 rings (SSSR count). The molecule has 0 aliphatic heterocycles. The summed E-state index contributed by atoms with van der Waals surface area (Å²) in [6.07, 6.45) is 4.07. The number of para-hydroxylation sites is 3. The van der Waals surface area contributed by atoms with E-state index in [2.05, 4.69) is 20.8 Å². The zero-order chi connectivity index (χ0) is 73.0. The number of carbonyl (C=O) groups is 3. The van der Waals surface area contributed by atoms with Crippen molar-refractivity contribution in [3.05, 3.63) is 272 Å². The zero-order valence-electron chi connectivity index (χ0n) is 56.1. The Labute approximate surface area is 618 Å². The summed E-state index contributed by atoms with van der Waals surface area (Å²) in [5.74, 6) is -3.45. The van der Waals surface area contributed by atoms with Crippen LogP contribution in [0.1, 0.15) is 63.9 Å². The monoisotopic (exact) mass is 1510 g/mol. The van der Waals surface area contributed by atoms with Gasteiger partial charge in [-0.15, -0.1) is 0 Å². The Hall–Kier alpha value is -9.82. The van der Waals surface area contributed by atoms with Gasteiger partial charge in [-0.3, -0.25) is 14.4 Å². The fraction of sp³-hybridized carbons (Fsp3) is 0.171. The molecule has 0 saturated carbocycles. The van der Waals surface area contributed by atoms with Crippen molar-refractivity contribution in [2.45, 2.75) is 72.6 Å². The maximum absolute atomic E-state index is 15.2. The van der Waals surface area contributed by atoms with Crippen LogP contribution in [0.4, 0.5) is 26.3 Å². The SMILES string of the molecule is CCOC(=O)Cc1ccccc1OCc1cc(-c2cccc(CN)c2F)c2occc2c1F.CCOC(=O)Cc1ccccc1OCc1cc(Br)c2occc2c1F.NCc1cccc(-c2cc(COc3ccccc3CC(=O)O)c(F)c3ccoc23)c1F.OB(O)c1cccc(CNCl)c1F.[Li+].[OH-]. The molecule has 0 aliphatic carbocycles. The second kappa shape index (κ2) is 39.2. The predicted molar refractivity (Wildman–Crippen MR) is 378 cm³/mol. The second-order valence-corrected chi connectivity index (χ2v) is 23.4. The maximum atomic E-state index is 15.2. The van der Waals surface area contributed by atoms with Crippen LogP contribution in [-0.2, 0) is 82.6 Å². The number of nitrogens with two attached hydrogens (primary N) is 2. The molecular formula is C76H67BBrClF6LiN3O15. The van der Waals surface area contributed by atoms with Crippen molar-refractivity contribution in [1.29, 1.82) is 0 Å². The van der Waals surface area contributed by atoms with E-state index in [-0.39, 0.29) is 157 Å². The molecule has 9 N–H and O–H groups in total. The van der Waals surface area contributed by atoms with E-state index in [0.717, 1.165) is 0 Å². The van der Waals surface area contributed by atoms with E-state index >= 15 is 13.2 Å². The van der Waals surface area contributed by atoms with Crippen molar-refractivity contribution in [3.8, 4) is 39.5 Å². The van der Waals surface area contributed by atoms with Crippen molar-refractivity contribution in [2.24, 2.45) is 11.5 Å². The molecule has 12 aromatic rings. The van der Waals surface area contributed by atoms with Crippen LogP contribution in [0.5, 0.6) is 17.2 Å².